The Balaban J connectivity index is 0.00000121. The molecule has 0 radical (unpaired) electrons. The normalized spacial score (nSPS) is 11.9. The molecule has 0 heterocycles. The van der Waals surface area contributed by atoms with Crippen molar-refractivity contribution in [2.45, 2.75) is 19.4 Å². The van der Waals surface area contributed by atoms with Gasteiger partial charge in [0.2, 0.25) is 0 Å². The van der Waals surface area contributed by atoms with Gasteiger partial charge < -0.3 is 5.73 Å². The Kier molecular flexibility index (Phi) is 5.55. The molecule has 3 heteroatoms. The van der Waals surface area contributed by atoms with E-state index in [1.165, 1.54) is 5.56 Å². The van der Waals surface area contributed by atoms with Crippen molar-refractivity contribution < 1.29 is 0 Å². The molecule has 2 N–H and O–H groups in total. The van der Waals surface area contributed by atoms with E-state index < -0.39 is 0 Å². The number of hydrogen-bond donors (Lipinski definition) is 1. The van der Waals surface area contributed by atoms with Crippen molar-refractivity contribution in [3.63, 3.8) is 0 Å². The standard InChI is InChI=1S/C9H12BrN.ClH/c1-2-9(11)7-5-3-4-6-8(7)10;/h3-6,9H,2,11H2,1H3;1H/t9-;/m0./s1. The van der Waals surface area contributed by atoms with Gasteiger partial charge in [-0.25, -0.2) is 0 Å². The molecule has 0 bridgehead atoms. The van der Waals surface area contributed by atoms with Crippen molar-refractivity contribution in [1.29, 1.82) is 0 Å². The predicted octanol–water partition coefficient (Wildman–Crippen LogP) is 3.28. The van der Waals surface area contributed by atoms with E-state index in [-0.39, 0.29) is 18.4 Å². The van der Waals surface area contributed by atoms with Crippen LogP contribution >= 0.6 is 28.3 Å². The van der Waals surface area contributed by atoms with Crippen molar-refractivity contribution in [1.82, 2.24) is 0 Å². The Bertz CT molecular complexity index is 240. The molecule has 68 valence electrons. The minimum Gasteiger partial charge on any atom is -0.324 e. The Morgan fingerprint density at radius 1 is 1.42 bits per heavy atom. The van der Waals surface area contributed by atoms with Gasteiger partial charge in [0.1, 0.15) is 0 Å². The zero-order valence-corrected chi connectivity index (χ0v) is 9.36. The van der Waals surface area contributed by atoms with Crippen LogP contribution in [0.1, 0.15) is 24.9 Å². The topological polar surface area (TPSA) is 26.0 Å². The van der Waals surface area contributed by atoms with Gasteiger partial charge in [-0.1, -0.05) is 41.1 Å². The van der Waals surface area contributed by atoms with E-state index in [0.29, 0.717) is 0 Å². The fraction of sp³-hybridized carbons (Fsp3) is 0.333. The van der Waals surface area contributed by atoms with E-state index in [2.05, 4.69) is 28.9 Å². The zero-order valence-electron chi connectivity index (χ0n) is 6.96. The number of halogens is 2. The SMILES string of the molecule is CC[C@H](N)c1ccccc1Br.Cl. The van der Waals surface area contributed by atoms with E-state index in [1.54, 1.807) is 0 Å². The second-order valence-corrected chi connectivity index (χ2v) is 3.39. The van der Waals surface area contributed by atoms with Gasteiger partial charge in [-0.3, -0.25) is 0 Å². The molecule has 0 aromatic heterocycles. The van der Waals surface area contributed by atoms with Crippen molar-refractivity contribution in [3.05, 3.63) is 34.3 Å². The van der Waals surface area contributed by atoms with Crippen molar-refractivity contribution in [2.75, 3.05) is 0 Å². The molecule has 0 unspecified atom stereocenters. The van der Waals surface area contributed by atoms with Crippen LogP contribution in [0.15, 0.2) is 28.7 Å². The molecule has 1 aromatic carbocycles. The lowest BCUT2D eigenvalue weighted by atomic mass is 10.1. The third-order valence-electron chi connectivity index (χ3n) is 1.74. The molecular weight excluding hydrogens is 237 g/mol. The van der Waals surface area contributed by atoms with Crippen LogP contribution in [-0.4, -0.2) is 0 Å². The highest BCUT2D eigenvalue weighted by molar-refractivity contribution is 9.10. The number of rotatable bonds is 2. The third-order valence-corrected chi connectivity index (χ3v) is 2.47. The van der Waals surface area contributed by atoms with Crippen LogP contribution in [-0.2, 0) is 0 Å². The molecule has 12 heavy (non-hydrogen) atoms. The first-order valence-corrected chi connectivity index (χ1v) is 4.55. The molecule has 0 fully saturated rings. The summed E-state index contributed by atoms with van der Waals surface area (Å²) in [6.45, 7) is 2.09. The van der Waals surface area contributed by atoms with Crippen LogP contribution in [0.4, 0.5) is 0 Å². The van der Waals surface area contributed by atoms with Crippen LogP contribution in [0.2, 0.25) is 0 Å². The zero-order chi connectivity index (χ0) is 8.27. The maximum atomic E-state index is 5.87. The van der Waals surface area contributed by atoms with E-state index in [0.717, 1.165) is 10.9 Å². The lowest BCUT2D eigenvalue weighted by molar-refractivity contribution is 0.695. The Hall–Kier alpha value is -0.0500. The summed E-state index contributed by atoms with van der Waals surface area (Å²) < 4.78 is 1.11. The highest BCUT2D eigenvalue weighted by Crippen LogP contribution is 2.22. The van der Waals surface area contributed by atoms with Gasteiger partial charge in [0.15, 0.2) is 0 Å². The molecule has 0 saturated heterocycles. The van der Waals surface area contributed by atoms with E-state index in [9.17, 15) is 0 Å². The monoisotopic (exact) mass is 249 g/mol. The number of hydrogen-bond acceptors (Lipinski definition) is 1. The number of benzene rings is 1. The summed E-state index contributed by atoms with van der Waals surface area (Å²) in [6.07, 6.45) is 0.975. The molecule has 0 aliphatic rings. The fourth-order valence-electron chi connectivity index (χ4n) is 0.996. The molecule has 1 rings (SSSR count). The van der Waals surface area contributed by atoms with E-state index >= 15 is 0 Å². The Morgan fingerprint density at radius 2 is 2.00 bits per heavy atom. The predicted molar refractivity (Wildman–Crippen MR) is 58.6 cm³/mol. The molecule has 1 atom stereocenters. The van der Waals surface area contributed by atoms with Gasteiger partial charge in [0, 0.05) is 10.5 Å². The number of nitrogens with two attached hydrogens (primary N) is 1. The molecular formula is C9H13BrClN. The third kappa shape index (κ3) is 2.77. The fourth-order valence-corrected chi connectivity index (χ4v) is 1.57. The Morgan fingerprint density at radius 3 is 2.50 bits per heavy atom. The van der Waals surface area contributed by atoms with Crippen molar-refractivity contribution in [2.24, 2.45) is 5.73 Å². The minimum atomic E-state index is 0. The highest BCUT2D eigenvalue weighted by Gasteiger charge is 2.05. The molecule has 0 spiro atoms. The lowest BCUT2D eigenvalue weighted by Crippen LogP contribution is -2.08. The van der Waals surface area contributed by atoms with Crippen LogP contribution in [0.5, 0.6) is 0 Å². The smallest absolute Gasteiger partial charge is 0.0303 e. The van der Waals surface area contributed by atoms with Gasteiger partial charge >= 0.3 is 0 Å². The summed E-state index contributed by atoms with van der Waals surface area (Å²) in [5.74, 6) is 0. The van der Waals surface area contributed by atoms with Gasteiger partial charge in [0.05, 0.1) is 0 Å². The maximum absolute atomic E-state index is 5.87. The van der Waals surface area contributed by atoms with Crippen LogP contribution < -0.4 is 5.73 Å². The maximum Gasteiger partial charge on any atom is 0.0303 e. The molecule has 1 aromatic rings. The van der Waals surface area contributed by atoms with E-state index in [1.807, 2.05) is 18.2 Å². The van der Waals surface area contributed by atoms with Gasteiger partial charge in [-0.2, -0.15) is 0 Å². The summed E-state index contributed by atoms with van der Waals surface area (Å²) >= 11 is 3.46. The minimum absolute atomic E-state index is 0. The van der Waals surface area contributed by atoms with Gasteiger partial charge in [-0.15, -0.1) is 12.4 Å². The Labute approximate surface area is 87.9 Å². The highest BCUT2D eigenvalue weighted by atomic mass is 79.9. The van der Waals surface area contributed by atoms with Crippen LogP contribution in [0.3, 0.4) is 0 Å². The average Bonchev–Trinajstić information content (AvgIpc) is 2.04. The van der Waals surface area contributed by atoms with Crippen molar-refractivity contribution in [3.8, 4) is 0 Å². The first kappa shape index (κ1) is 11.9. The van der Waals surface area contributed by atoms with Crippen LogP contribution in [0.25, 0.3) is 0 Å². The second-order valence-electron chi connectivity index (χ2n) is 2.54. The largest absolute Gasteiger partial charge is 0.324 e. The first-order valence-electron chi connectivity index (χ1n) is 3.75. The molecule has 0 saturated carbocycles. The van der Waals surface area contributed by atoms with Gasteiger partial charge in [-0.05, 0) is 18.1 Å². The van der Waals surface area contributed by atoms with E-state index in [4.69, 9.17) is 5.73 Å². The summed E-state index contributed by atoms with van der Waals surface area (Å²) in [4.78, 5) is 0. The summed E-state index contributed by atoms with van der Waals surface area (Å²) in [5.41, 5.74) is 7.05. The molecule has 0 amide bonds. The first-order chi connectivity index (χ1) is 5.25. The summed E-state index contributed by atoms with van der Waals surface area (Å²) in [6, 6.07) is 8.24. The second kappa shape index (κ2) is 5.57. The average molecular weight is 251 g/mol. The molecule has 0 aliphatic heterocycles. The quantitative estimate of drug-likeness (QED) is 0.856. The summed E-state index contributed by atoms with van der Waals surface area (Å²) in [5, 5.41) is 0. The lowest BCUT2D eigenvalue weighted by Gasteiger charge is -2.10. The molecule has 0 aliphatic carbocycles. The van der Waals surface area contributed by atoms with Gasteiger partial charge in [0.25, 0.3) is 0 Å². The van der Waals surface area contributed by atoms with Crippen molar-refractivity contribution >= 4 is 28.3 Å². The van der Waals surface area contributed by atoms with Crippen LogP contribution in [0, 0.1) is 0 Å². The summed E-state index contributed by atoms with van der Waals surface area (Å²) in [7, 11) is 0. The molecule has 1 nitrogen and oxygen atoms in total.